The lowest BCUT2D eigenvalue weighted by molar-refractivity contribution is 0.0955. The van der Waals surface area contributed by atoms with Crippen molar-refractivity contribution in [2.24, 2.45) is 5.10 Å². The van der Waals surface area contributed by atoms with Crippen LogP contribution in [0.5, 0.6) is 0 Å². The van der Waals surface area contributed by atoms with Crippen molar-refractivity contribution in [2.75, 3.05) is 0 Å². The standard InChI is InChI=1S/C22H16ClN5O/c23-19-10-8-16(9-11-19)21-18(15-28(27-21)20-6-2-1-3-7-20)14-25-26-22(29)17-5-4-12-24-13-17/h1-15H,(H,26,29)/b25-14+. The first kappa shape index (κ1) is 18.6. The van der Waals surface area contributed by atoms with Crippen LogP contribution in [0.15, 0.2) is 90.4 Å². The van der Waals surface area contributed by atoms with E-state index in [0.717, 1.165) is 22.5 Å². The molecular formula is C22H16ClN5O. The van der Waals surface area contributed by atoms with E-state index in [4.69, 9.17) is 16.7 Å². The highest BCUT2D eigenvalue weighted by Crippen LogP contribution is 2.24. The highest BCUT2D eigenvalue weighted by Gasteiger charge is 2.11. The van der Waals surface area contributed by atoms with E-state index < -0.39 is 0 Å². The number of benzene rings is 2. The van der Waals surface area contributed by atoms with Crippen molar-refractivity contribution >= 4 is 23.7 Å². The van der Waals surface area contributed by atoms with Crippen molar-refractivity contribution in [3.63, 3.8) is 0 Å². The zero-order valence-corrected chi connectivity index (χ0v) is 16.0. The van der Waals surface area contributed by atoms with Gasteiger partial charge in [-0.25, -0.2) is 10.1 Å². The Morgan fingerprint density at radius 3 is 2.55 bits per heavy atom. The summed E-state index contributed by atoms with van der Waals surface area (Å²) in [5, 5.41) is 9.44. The first-order chi connectivity index (χ1) is 14.2. The predicted octanol–water partition coefficient (Wildman–Crippen LogP) is 4.35. The number of amides is 1. The Morgan fingerprint density at radius 2 is 1.83 bits per heavy atom. The van der Waals surface area contributed by atoms with Crippen LogP contribution in [-0.2, 0) is 0 Å². The number of nitrogens with zero attached hydrogens (tertiary/aromatic N) is 4. The number of rotatable bonds is 5. The maximum Gasteiger partial charge on any atom is 0.272 e. The summed E-state index contributed by atoms with van der Waals surface area (Å²) in [6, 6.07) is 20.5. The van der Waals surface area contributed by atoms with Crippen molar-refractivity contribution in [1.82, 2.24) is 20.2 Å². The molecule has 1 amide bonds. The van der Waals surface area contributed by atoms with Gasteiger partial charge in [0.1, 0.15) is 5.69 Å². The molecular weight excluding hydrogens is 386 g/mol. The van der Waals surface area contributed by atoms with Gasteiger partial charge in [0.05, 0.1) is 17.5 Å². The molecule has 0 fully saturated rings. The van der Waals surface area contributed by atoms with E-state index in [-0.39, 0.29) is 5.91 Å². The fourth-order valence-electron chi connectivity index (χ4n) is 2.75. The minimum Gasteiger partial charge on any atom is -0.267 e. The first-order valence-corrected chi connectivity index (χ1v) is 9.23. The second-order valence-electron chi connectivity index (χ2n) is 6.16. The molecule has 2 aromatic heterocycles. The Bertz CT molecular complexity index is 1140. The average molecular weight is 402 g/mol. The zero-order chi connectivity index (χ0) is 20.1. The van der Waals surface area contributed by atoms with E-state index in [1.165, 1.54) is 6.20 Å². The molecule has 0 spiro atoms. The van der Waals surface area contributed by atoms with E-state index in [9.17, 15) is 4.79 Å². The van der Waals surface area contributed by atoms with E-state index >= 15 is 0 Å². The summed E-state index contributed by atoms with van der Waals surface area (Å²) < 4.78 is 1.77. The molecule has 4 aromatic rings. The van der Waals surface area contributed by atoms with Crippen molar-refractivity contribution in [1.29, 1.82) is 0 Å². The van der Waals surface area contributed by atoms with Gasteiger partial charge >= 0.3 is 0 Å². The molecule has 2 heterocycles. The first-order valence-electron chi connectivity index (χ1n) is 8.85. The van der Waals surface area contributed by atoms with Crippen LogP contribution in [0.2, 0.25) is 5.02 Å². The summed E-state index contributed by atoms with van der Waals surface area (Å²) in [7, 11) is 0. The third kappa shape index (κ3) is 4.39. The molecule has 2 aromatic carbocycles. The fraction of sp³-hybridized carbons (Fsp3) is 0. The highest BCUT2D eigenvalue weighted by atomic mass is 35.5. The second-order valence-corrected chi connectivity index (χ2v) is 6.60. The summed E-state index contributed by atoms with van der Waals surface area (Å²) >= 11 is 6.01. The number of aromatic nitrogens is 3. The Morgan fingerprint density at radius 1 is 1.03 bits per heavy atom. The SMILES string of the molecule is O=C(N/N=C/c1cn(-c2ccccc2)nc1-c1ccc(Cl)cc1)c1cccnc1. The van der Waals surface area contributed by atoms with Crippen molar-refractivity contribution < 1.29 is 4.79 Å². The number of carbonyl (C=O) groups excluding carboxylic acids is 1. The van der Waals surface area contributed by atoms with Gasteiger partial charge in [0, 0.05) is 34.7 Å². The van der Waals surface area contributed by atoms with Crippen LogP contribution in [0.3, 0.4) is 0 Å². The van der Waals surface area contributed by atoms with Crippen LogP contribution >= 0.6 is 11.6 Å². The number of hydrogen-bond donors (Lipinski definition) is 1. The summed E-state index contributed by atoms with van der Waals surface area (Å²) in [4.78, 5) is 16.1. The van der Waals surface area contributed by atoms with Crippen molar-refractivity contribution in [3.8, 4) is 16.9 Å². The summed E-state index contributed by atoms with van der Waals surface area (Å²) in [6.45, 7) is 0. The zero-order valence-electron chi connectivity index (χ0n) is 15.2. The van der Waals surface area contributed by atoms with Crippen LogP contribution in [0.4, 0.5) is 0 Å². The van der Waals surface area contributed by atoms with Gasteiger partial charge in [0.2, 0.25) is 0 Å². The normalized spacial score (nSPS) is 10.9. The van der Waals surface area contributed by atoms with Crippen LogP contribution < -0.4 is 5.43 Å². The van der Waals surface area contributed by atoms with Gasteiger partial charge < -0.3 is 0 Å². The van der Waals surface area contributed by atoms with Gasteiger partial charge in [-0.1, -0.05) is 41.9 Å². The lowest BCUT2D eigenvalue weighted by atomic mass is 10.1. The molecule has 0 unspecified atom stereocenters. The number of para-hydroxylation sites is 1. The number of pyridine rings is 1. The molecule has 0 aliphatic rings. The minimum absolute atomic E-state index is 0.335. The molecule has 0 aliphatic carbocycles. The fourth-order valence-corrected chi connectivity index (χ4v) is 2.87. The topological polar surface area (TPSA) is 72.2 Å². The molecule has 0 saturated carbocycles. The molecule has 29 heavy (non-hydrogen) atoms. The lowest BCUT2D eigenvalue weighted by Crippen LogP contribution is -2.17. The van der Waals surface area contributed by atoms with Gasteiger partial charge in [-0.3, -0.25) is 9.78 Å². The molecule has 0 radical (unpaired) electrons. The molecule has 7 heteroatoms. The third-order valence-electron chi connectivity index (χ3n) is 4.17. The van der Waals surface area contributed by atoms with Crippen LogP contribution in [0, 0.1) is 0 Å². The maximum absolute atomic E-state index is 12.2. The number of halogens is 1. The number of hydrogen-bond acceptors (Lipinski definition) is 4. The molecule has 4 rings (SSSR count). The molecule has 0 aliphatic heterocycles. The van der Waals surface area contributed by atoms with Crippen molar-refractivity contribution in [2.45, 2.75) is 0 Å². The highest BCUT2D eigenvalue weighted by molar-refractivity contribution is 6.30. The third-order valence-corrected chi connectivity index (χ3v) is 4.43. The minimum atomic E-state index is -0.335. The molecule has 0 bridgehead atoms. The molecule has 1 N–H and O–H groups in total. The Hall–Kier alpha value is -3.77. The maximum atomic E-state index is 12.2. The quantitative estimate of drug-likeness (QED) is 0.399. The van der Waals surface area contributed by atoms with E-state index in [1.807, 2.05) is 60.8 Å². The average Bonchev–Trinajstić information content (AvgIpc) is 3.19. The predicted molar refractivity (Wildman–Crippen MR) is 113 cm³/mol. The lowest BCUT2D eigenvalue weighted by Gasteiger charge is -2.01. The molecule has 0 saturated heterocycles. The molecule has 0 atom stereocenters. The number of carbonyl (C=O) groups is 1. The van der Waals surface area contributed by atoms with Gasteiger partial charge in [0.15, 0.2) is 0 Å². The Balaban J connectivity index is 1.64. The van der Waals surface area contributed by atoms with Crippen LogP contribution in [0.25, 0.3) is 16.9 Å². The largest absolute Gasteiger partial charge is 0.272 e. The Labute approximate surface area is 172 Å². The van der Waals surface area contributed by atoms with E-state index in [2.05, 4.69) is 15.5 Å². The smallest absolute Gasteiger partial charge is 0.267 e. The molecule has 6 nitrogen and oxygen atoms in total. The second kappa shape index (κ2) is 8.50. The van der Waals surface area contributed by atoms with Gasteiger partial charge in [-0.2, -0.15) is 10.2 Å². The van der Waals surface area contributed by atoms with E-state index in [1.54, 1.807) is 29.2 Å². The van der Waals surface area contributed by atoms with E-state index in [0.29, 0.717) is 10.6 Å². The molecule has 142 valence electrons. The van der Waals surface area contributed by atoms with Gasteiger partial charge in [-0.05, 0) is 36.4 Å². The van der Waals surface area contributed by atoms with Crippen molar-refractivity contribution in [3.05, 3.63) is 101 Å². The van der Waals surface area contributed by atoms with Gasteiger partial charge in [0.25, 0.3) is 5.91 Å². The summed E-state index contributed by atoms with van der Waals surface area (Å²) in [6.07, 6.45) is 6.53. The number of hydrazone groups is 1. The monoisotopic (exact) mass is 401 g/mol. The Kier molecular flexibility index (Phi) is 5.45. The van der Waals surface area contributed by atoms with Crippen LogP contribution in [-0.4, -0.2) is 26.9 Å². The summed E-state index contributed by atoms with van der Waals surface area (Å²) in [5.41, 5.74) is 6.24. The van der Waals surface area contributed by atoms with Gasteiger partial charge in [-0.15, -0.1) is 0 Å². The summed E-state index contributed by atoms with van der Waals surface area (Å²) in [5.74, 6) is -0.335. The van der Waals surface area contributed by atoms with Crippen LogP contribution in [0.1, 0.15) is 15.9 Å². The number of nitrogens with one attached hydrogen (secondary N) is 1.